The minimum Gasteiger partial charge on any atom is -0.373 e. The van der Waals surface area contributed by atoms with E-state index in [0.29, 0.717) is 25.7 Å². The number of alkyl halides is 3. The van der Waals surface area contributed by atoms with Gasteiger partial charge in [-0.2, -0.15) is 5.10 Å². The first kappa shape index (κ1) is 41.9. The van der Waals surface area contributed by atoms with E-state index in [1.165, 1.54) is 22.8 Å². The summed E-state index contributed by atoms with van der Waals surface area (Å²) in [4.78, 5) is 26.4. The Morgan fingerprint density at radius 2 is 1.64 bits per heavy atom. The third-order valence-corrected chi connectivity index (χ3v) is 11.6. The standard InChI is InChI=1S/C39H44ClF5N8O4S/c1-20-12-30(38(43)8-10-39(44,45)11-9-38)47-34-31(20)37(54)52(36(48-34)28(46)15-24-13-25(41)16-26(42)14-24)29-7-6-27(40)32-33(29)53(49-35(32)50-58(5,55)56)21(2)17-51-18-22(3)57-23(4)19-51/h6-7,12-14,16,21-23,28H,8-11,15,17-19,46H2,1-5H3,(H,49,50)/t21-,22-,23+,28-/m0/s1. The first-order valence-corrected chi connectivity index (χ1v) is 21.2. The molecule has 1 saturated heterocycles. The summed E-state index contributed by atoms with van der Waals surface area (Å²) in [6, 6.07) is 5.52. The molecule has 0 unspecified atom stereocenters. The van der Waals surface area contributed by atoms with E-state index in [2.05, 4.69) is 14.6 Å². The van der Waals surface area contributed by atoms with Crippen molar-refractivity contribution in [3.63, 3.8) is 0 Å². The number of benzene rings is 2. The van der Waals surface area contributed by atoms with Gasteiger partial charge >= 0.3 is 0 Å². The van der Waals surface area contributed by atoms with Crippen molar-refractivity contribution in [2.75, 3.05) is 30.6 Å². The first-order valence-electron chi connectivity index (χ1n) is 18.9. The monoisotopic (exact) mass is 850 g/mol. The molecule has 4 atom stereocenters. The van der Waals surface area contributed by atoms with Crippen LogP contribution < -0.4 is 16.0 Å². The Balaban J connectivity index is 1.48. The molecule has 3 N–H and O–H groups in total. The number of sulfonamides is 1. The highest BCUT2D eigenvalue weighted by Crippen LogP contribution is 2.46. The van der Waals surface area contributed by atoms with Gasteiger partial charge in [0.25, 0.3) is 5.56 Å². The molecule has 0 spiro atoms. The molecular formula is C39H44ClF5N8O4S. The first-order chi connectivity index (χ1) is 27.1. The van der Waals surface area contributed by atoms with Crippen molar-refractivity contribution in [3.8, 4) is 5.69 Å². The highest BCUT2D eigenvalue weighted by molar-refractivity contribution is 7.92. The van der Waals surface area contributed by atoms with E-state index in [-0.39, 0.29) is 79.7 Å². The third kappa shape index (κ3) is 8.44. The lowest BCUT2D eigenvalue weighted by atomic mass is 9.81. The number of nitrogens with zero attached hydrogens (tertiary/aromatic N) is 6. The van der Waals surface area contributed by atoms with Crippen LogP contribution in [0.4, 0.5) is 27.8 Å². The summed E-state index contributed by atoms with van der Waals surface area (Å²) < 4.78 is 110. The third-order valence-electron chi connectivity index (χ3n) is 10.7. The van der Waals surface area contributed by atoms with Gasteiger partial charge in [0.15, 0.2) is 17.1 Å². The summed E-state index contributed by atoms with van der Waals surface area (Å²) in [5.74, 6) is -4.98. The molecular weight excluding hydrogens is 807 g/mol. The van der Waals surface area contributed by atoms with Crippen molar-refractivity contribution in [3.05, 3.63) is 86.1 Å². The Labute approximate surface area is 336 Å². The maximum atomic E-state index is 16.4. The van der Waals surface area contributed by atoms with E-state index in [4.69, 9.17) is 32.2 Å². The van der Waals surface area contributed by atoms with E-state index < -0.39 is 76.6 Å². The van der Waals surface area contributed by atoms with Gasteiger partial charge in [-0.25, -0.2) is 40.3 Å². The minimum absolute atomic E-state index is 0.0331. The number of pyridine rings is 1. The van der Waals surface area contributed by atoms with Crippen LogP contribution in [0.15, 0.2) is 41.2 Å². The number of ether oxygens (including phenoxy) is 1. The van der Waals surface area contributed by atoms with E-state index >= 15 is 9.18 Å². The second-order valence-electron chi connectivity index (χ2n) is 15.8. The van der Waals surface area contributed by atoms with Crippen molar-refractivity contribution in [2.45, 2.75) is 95.7 Å². The number of halogens is 6. The van der Waals surface area contributed by atoms with Crippen LogP contribution in [-0.4, -0.2) is 81.7 Å². The number of fused-ring (bicyclic) bond motifs is 2. The van der Waals surface area contributed by atoms with Gasteiger partial charge in [0.2, 0.25) is 15.9 Å². The number of aryl methyl sites for hydroxylation is 1. The second kappa shape index (κ2) is 15.4. The molecule has 1 aliphatic carbocycles. The molecule has 2 aromatic carbocycles. The summed E-state index contributed by atoms with van der Waals surface area (Å²) in [5.41, 5.74) is 4.28. The summed E-state index contributed by atoms with van der Waals surface area (Å²) in [5, 5.41) is 4.94. The maximum absolute atomic E-state index is 16.4. The van der Waals surface area contributed by atoms with Crippen molar-refractivity contribution < 1.29 is 35.1 Å². The van der Waals surface area contributed by atoms with Crippen molar-refractivity contribution >= 4 is 49.4 Å². The molecule has 0 bridgehead atoms. The van der Waals surface area contributed by atoms with Crippen LogP contribution in [0.2, 0.25) is 5.02 Å². The molecule has 4 heterocycles. The molecule has 2 fully saturated rings. The van der Waals surface area contributed by atoms with E-state index in [1.807, 2.05) is 20.8 Å². The van der Waals surface area contributed by atoms with Gasteiger partial charge in [-0.05, 0) is 88.4 Å². The van der Waals surface area contributed by atoms with Crippen LogP contribution in [0.5, 0.6) is 0 Å². The van der Waals surface area contributed by atoms with Crippen molar-refractivity contribution in [1.29, 1.82) is 0 Å². The summed E-state index contributed by atoms with van der Waals surface area (Å²) in [7, 11) is -3.90. The number of nitrogens with one attached hydrogen (secondary N) is 1. The molecule has 312 valence electrons. The Bertz CT molecular complexity index is 2550. The fourth-order valence-corrected chi connectivity index (χ4v) is 9.02. The molecule has 0 amide bonds. The largest absolute Gasteiger partial charge is 0.373 e. The number of morpholine rings is 1. The summed E-state index contributed by atoms with van der Waals surface area (Å²) in [6.45, 7) is 9.02. The second-order valence-corrected chi connectivity index (χ2v) is 18.0. The minimum atomic E-state index is -3.90. The zero-order chi connectivity index (χ0) is 42.1. The Kier molecular flexibility index (Phi) is 11.1. The van der Waals surface area contributed by atoms with Gasteiger partial charge < -0.3 is 10.5 Å². The molecule has 2 aliphatic rings. The fraction of sp³-hybridized carbons (Fsp3) is 0.487. The molecule has 1 aliphatic heterocycles. The number of hydrogen-bond donors (Lipinski definition) is 2. The summed E-state index contributed by atoms with van der Waals surface area (Å²) >= 11 is 6.81. The van der Waals surface area contributed by atoms with Crippen LogP contribution in [-0.2, 0) is 26.8 Å². The number of rotatable bonds is 10. The zero-order valence-corrected chi connectivity index (χ0v) is 34.1. The lowest BCUT2D eigenvalue weighted by Gasteiger charge is -2.36. The predicted octanol–water partition coefficient (Wildman–Crippen LogP) is 7.03. The van der Waals surface area contributed by atoms with Crippen LogP contribution in [0.25, 0.3) is 27.6 Å². The molecule has 12 nitrogen and oxygen atoms in total. The highest BCUT2D eigenvalue weighted by atomic mass is 35.5. The lowest BCUT2D eigenvalue weighted by molar-refractivity contribution is -0.0784. The van der Waals surface area contributed by atoms with Gasteiger partial charge in [0.1, 0.15) is 17.5 Å². The predicted molar refractivity (Wildman–Crippen MR) is 211 cm³/mol. The highest BCUT2D eigenvalue weighted by Gasteiger charge is 2.46. The van der Waals surface area contributed by atoms with Gasteiger partial charge in [-0.15, -0.1) is 0 Å². The normalized spacial score (nSPS) is 21.0. The lowest BCUT2D eigenvalue weighted by Crippen LogP contribution is -2.47. The topological polar surface area (TPSA) is 150 Å². The van der Waals surface area contributed by atoms with Crippen molar-refractivity contribution in [1.82, 2.24) is 29.2 Å². The molecule has 58 heavy (non-hydrogen) atoms. The smallest absolute Gasteiger partial charge is 0.268 e. The van der Waals surface area contributed by atoms with Gasteiger partial charge in [0, 0.05) is 38.5 Å². The van der Waals surface area contributed by atoms with E-state index in [0.717, 1.165) is 18.4 Å². The van der Waals surface area contributed by atoms with Crippen LogP contribution in [0.3, 0.4) is 0 Å². The number of hydrogen-bond acceptors (Lipinski definition) is 9. The van der Waals surface area contributed by atoms with Gasteiger partial charge in [-0.3, -0.25) is 23.7 Å². The van der Waals surface area contributed by atoms with E-state index in [9.17, 15) is 26.0 Å². The quantitative estimate of drug-likeness (QED) is 0.141. The Hall–Kier alpha value is -4.23. The molecule has 19 heteroatoms. The van der Waals surface area contributed by atoms with Crippen LogP contribution >= 0.6 is 11.6 Å². The Morgan fingerprint density at radius 3 is 2.26 bits per heavy atom. The maximum Gasteiger partial charge on any atom is 0.268 e. The molecule has 5 aromatic rings. The summed E-state index contributed by atoms with van der Waals surface area (Å²) in [6.07, 6.45) is -1.74. The average Bonchev–Trinajstić information content (AvgIpc) is 3.47. The van der Waals surface area contributed by atoms with Gasteiger partial charge in [-0.1, -0.05) is 11.6 Å². The SMILES string of the molecule is Cc1cc(C2(F)CCC(F)(F)CC2)nc2nc([C@@H](N)Cc3cc(F)cc(F)c3)n(-c3ccc(Cl)c4c(NS(C)(=O)=O)nn([C@@H](C)CN5C[C@@H](C)O[C@@H](C)C5)c34)c(=O)c12. The molecule has 7 rings (SSSR count). The molecule has 1 saturated carbocycles. The Morgan fingerprint density at radius 1 is 1.00 bits per heavy atom. The number of nitrogens with two attached hydrogens (primary N) is 1. The molecule has 3 aromatic heterocycles. The van der Waals surface area contributed by atoms with Gasteiger partial charge in [0.05, 0.1) is 63.2 Å². The zero-order valence-electron chi connectivity index (χ0n) is 32.5. The number of aromatic nitrogens is 5. The average molecular weight is 851 g/mol. The van der Waals surface area contributed by atoms with Crippen LogP contribution in [0, 0.1) is 18.6 Å². The van der Waals surface area contributed by atoms with Crippen molar-refractivity contribution in [2.24, 2.45) is 5.73 Å². The van der Waals surface area contributed by atoms with E-state index in [1.54, 1.807) is 11.6 Å². The molecule has 0 radical (unpaired) electrons. The number of anilines is 1. The fourth-order valence-electron chi connectivity index (χ4n) is 8.28. The van der Waals surface area contributed by atoms with Crippen LogP contribution in [0.1, 0.15) is 81.2 Å².